The summed E-state index contributed by atoms with van der Waals surface area (Å²) in [5, 5.41) is 3.90. The van der Waals surface area contributed by atoms with Gasteiger partial charge in [-0.2, -0.15) is 0 Å². The minimum atomic E-state index is -0.115. The molecule has 0 radical (unpaired) electrons. The Kier molecular flexibility index (Phi) is 11.5. The van der Waals surface area contributed by atoms with Crippen LogP contribution in [-0.4, -0.2) is 67.6 Å². The fourth-order valence-electron chi connectivity index (χ4n) is 8.60. The Morgan fingerprint density at radius 2 is 1.17 bits per heavy atom. The number of benzene rings is 4. The van der Waals surface area contributed by atoms with Crippen molar-refractivity contribution >= 4 is 34.4 Å². The molecule has 0 aliphatic carbocycles. The van der Waals surface area contributed by atoms with Crippen LogP contribution >= 0.6 is 11.6 Å². The number of aromatic nitrogens is 3. The fourth-order valence-corrected chi connectivity index (χ4v) is 8.71. The van der Waals surface area contributed by atoms with E-state index in [2.05, 4.69) is 48.3 Å². The molecule has 4 aliphatic heterocycles. The SMILES string of the molecule is Nc1ccc2c(c1)Oc1cccc(-c3cc(N4CCOCC4)cc(=O)[nH]3)c1C2.O=c1cc(N2CCOCC2)cc(-c2cccc3c2Cc2ccc(NCc4ccc(Cl)nc4)cc2O3)[nH]1. The van der Waals surface area contributed by atoms with Crippen molar-refractivity contribution in [1.29, 1.82) is 0 Å². The molecule has 7 aromatic rings. The van der Waals surface area contributed by atoms with Gasteiger partial charge in [0, 0.05) is 121 Å². The molecule has 11 rings (SSSR count). The van der Waals surface area contributed by atoms with Gasteiger partial charge in [0.15, 0.2) is 0 Å². The fraction of sp³-hybridized carbons (Fsp3) is 0.220. The van der Waals surface area contributed by atoms with Crippen molar-refractivity contribution in [1.82, 2.24) is 15.0 Å². The third kappa shape index (κ3) is 8.91. The predicted molar refractivity (Wildman–Crippen MR) is 251 cm³/mol. The Morgan fingerprint density at radius 3 is 1.72 bits per heavy atom. The van der Waals surface area contributed by atoms with E-state index in [0.717, 1.165) is 123 Å². The quantitative estimate of drug-likeness (QED) is 0.0900. The average Bonchev–Trinajstić information content (AvgIpc) is 3.32. The first-order chi connectivity index (χ1) is 31.3. The molecule has 7 heterocycles. The molecule has 64 heavy (non-hydrogen) atoms. The number of morpholine rings is 2. The minimum Gasteiger partial charge on any atom is -0.457 e. The first-order valence-corrected chi connectivity index (χ1v) is 21.8. The van der Waals surface area contributed by atoms with E-state index in [0.29, 0.717) is 50.2 Å². The van der Waals surface area contributed by atoms with Crippen LogP contribution in [0.2, 0.25) is 5.15 Å². The molecule has 14 heteroatoms. The summed E-state index contributed by atoms with van der Waals surface area (Å²) in [7, 11) is 0. The van der Waals surface area contributed by atoms with Gasteiger partial charge in [-0.15, -0.1) is 0 Å². The Bertz CT molecular complexity index is 2960. The van der Waals surface area contributed by atoms with E-state index in [-0.39, 0.29) is 11.1 Å². The van der Waals surface area contributed by atoms with E-state index in [1.54, 1.807) is 24.4 Å². The second kappa shape index (κ2) is 18.0. The van der Waals surface area contributed by atoms with Crippen LogP contribution in [0, 0.1) is 0 Å². The van der Waals surface area contributed by atoms with Crippen LogP contribution < -0.4 is 41.4 Å². The van der Waals surface area contributed by atoms with Crippen LogP contribution in [0.3, 0.4) is 0 Å². The van der Waals surface area contributed by atoms with Gasteiger partial charge in [-0.3, -0.25) is 9.59 Å². The van der Waals surface area contributed by atoms with E-state index in [1.807, 2.05) is 72.8 Å². The Balaban J connectivity index is 0.000000156. The van der Waals surface area contributed by atoms with Crippen molar-refractivity contribution in [3.05, 3.63) is 169 Å². The van der Waals surface area contributed by atoms with Gasteiger partial charge >= 0.3 is 0 Å². The van der Waals surface area contributed by atoms with Crippen LogP contribution in [-0.2, 0) is 28.9 Å². The van der Waals surface area contributed by atoms with E-state index in [9.17, 15) is 9.59 Å². The predicted octanol–water partition coefficient (Wildman–Crippen LogP) is 8.39. The summed E-state index contributed by atoms with van der Waals surface area (Å²) < 4.78 is 23.3. The lowest BCUT2D eigenvalue weighted by molar-refractivity contribution is 0.122. The molecular formula is C50H46ClN7O6. The molecule has 4 aromatic carbocycles. The first-order valence-electron chi connectivity index (χ1n) is 21.4. The molecule has 2 saturated heterocycles. The summed E-state index contributed by atoms with van der Waals surface area (Å²) in [6, 6.07) is 35.0. The number of anilines is 4. The summed E-state index contributed by atoms with van der Waals surface area (Å²) in [4.78, 5) is 39.5. The zero-order valence-corrected chi connectivity index (χ0v) is 35.8. The van der Waals surface area contributed by atoms with Crippen molar-refractivity contribution < 1.29 is 18.9 Å². The number of fused-ring (bicyclic) bond motifs is 4. The standard InChI is InChI=1S/C28H25ClN4O3.C22H21N3O3/c29-27-7-4-18(17-31-27)16-30-20-6-5-19-12-23-22(2-1-3-25(23)36-26(19)13-20)24-14-21(15-28(34)32-24)33-8-10-35-11-9-33;23-15-5-4-14-10-18-17(2-1-3-20(18)28-21(14)11-15)19-12-16(13-22(26)24-19)25-6-8-27-9-7-25/h1-7,13-15,17,30H,8-12,16H2,(H,32,34);1-5,11-13H,6-10,23H2,(H,24,26). The normalized spacial score (nSPS) is 15.0. The van der Waals surface area contributed by atoms with Gasteiger partial charge in [0.05, 0.1) is 37.8 Å². The third-order valence-corrected chi connectivity index (χ3v) is 12.1. The molecule has 0 unspecified atom stereocenters. The number of nitrogens with one attached hydrogen (secondary N) is 3. The number of pyridine rings is 3. The second-order valence-corrected chi connectivity index (χ2v) is 16.5. The van der Waals surface area contributed by atoms with Crippen molar-refractivity contribution in [3.8, 4) is 45.5 Å². The number of nitrogens with zero attached hydrogens (tertiary/aromatic N) is 3. The number of rotatable bonds is 7. The van der Waals surface area contributed by atoms with Crippen molar-refractivity contribution in [2.24, 2.45) is 0 Å². The molecule has 0 atom stereocenters. The summed E-state index contributed by atoms with van der Waals surface area (Å²) in [6.45, 7) is 6.45. The molecule has 0 amide bonds. The molecule has 0 spiro atoms. The van der Waals surface area contributed by atoms with Crippen LogP contribution in [0.15, 0.2) is 125 Å². The van der Waals surface area contributed by atoms with Crippen molar-refractivity contribution in [2.75, 3.05) is 73.5 Å². The number of hydrogen-bond acceptors (Lipinski definition) is 11. The molecule has 3 aromatic heterocycles. The molecule has 2 fully saturated rings. The van der Waals surface area contributed by atoms with Crippen LogP contribution in [0.25, 0.3) is 22.5 Å². The Hall–Kier alpha value is -7.06. The van der Waals surface area contributed by atoms with Crippen LogP contribution in [0.4, 0.5) is 22.7 Å². The highest BCUT2D eigenvalue weighted by molar-refractivity contribution is 6.29. The van der Waals surface area contributed by atoms with E-state index < -0.39 is 0 Å². The number of hydrogen-bond donors (Lipinski definition) is 4. The second-order valence-electron chi connectivity index (χ2n) is 16.1. The molecular weight excluding hydrogens is 830 g/mol. The molecule has 13 nitrogen and oxygen atoms in total. The highest BCUT2D eigenvalue weighted by Crippen LogP contribution is 2.43. The molecule has 324 valence electrons. The minimum absolute atomic E-state index is 0.110. The van der Waals surface area contributed by atoms with Gasteiger partial charge in [0.2, 0.25) is 11.1 Å². The lowest BCUT2D eigenvalue weighted by Gasteiger charge is -2.29. The zero-order valence-electron chi connectivity index (χ0n) is 35.0. The number of H-pyrrole nitrogens is 2. The lowest BCUT2D eigenvalue weighted by atomic mass is 9.93. The molecule has 0 saturated carbocycles. The summed E-state index contributed by atoms with van der Waals surface area (Å²) >= 11 is 5.88. The van der Waals surface area contributed by atoms with Crippen molar-refractivity contribution in [2.45, 2.75) is 19.4 Å². The van der Waals surface area contributed by atoms with E-state index in [1.165, 1.54) is 0 Å². The van der Waals surface area contributed by atoms with Crippen LogP contribution in [0.5, 0.6) is 23.0 Å². The van der Waals surface area contributed by atoms with Gasteiger partial charge < -0.3 is 49.8 Å². The summed E-state index contributed by atoms with van der Waals surface area (Å²) in [5.74, 6) is 3.22. The largest absolute Gasteiger partial charge is 0.457 e. The van der Waals surface area contributed by atoms with Crippen LogP contribution in [0.1, 0.15) is 27.8 Å². The maximum Gasteiger partial charge on any atom is 0.250 e. The van der Waals surface area contributed by atoms with Gasteiger partial charge in [-0.25, -0.2) is 4.98 Å². The first kappa shape index (κ1) is 41.0. The lowest BCUT2D eigenvalue weighted by Crippen LogP contribution is -2.36. The highest BCUT2D eigenvalue weighted by atomic mass is 35.5. The van der Waals surface area contributed by atoms with Gasteiger partial charge in [-0.1, -0.05) is 54.1 Å². The number of nitrogens with two attached hydrogens (primary N) is 1. The maximum atomic E-state index is 12.5. The zero-order chi connectivity index (χ0) is 43.6. The van der Waals surface area contributed by atoms with Gasteiger partial charge in [0.1, 0.15) is 28.2 Å². The number of aromatic amines is 2. The summed E-state index contributed by atoms with van der Waals surface area (Å²) in [5.41, 5.74) is 18.0. The third-order valence-electron chi connectivity index (χ3n) is 11.9. The Labute approximate surface area is 374 Å². The smallest absolute Gasteiger partial charge is 0.250 e. The van der Waals surface area contributed by atoms with E-state index >= 15 is 0 Å². The van der Waals surface area contributed by atoms with Gasteiger partial charge in [-0.05, 0) is 59.2 Å². The number of ether oxygens (including phenoxy) is 4. The average molecular weight is 876 g/mol. The summed E-state index contributed by atoms with van der Waals surface area (Å²) in [6.07, 6.45) is 3.21. The van der Waals surface area contributed by atoms with Crippen molar-refractivity contribution in [3.63, 3.8) is 0 Å². The molecule has 0 bridgehead atoms. The maximum absolute atomic E-state index is 12.5. The monoisotopic (exact) mass is 875 g/mol. The molecule has 5 N–H and O–H groups in total. The van der Waals surface area contributed by atoms with Gasteiger partial charge in [0.25, 0.3) is 0 Å². The topological polar surface area (TPSA) is 160 Å². The molecule has 4 aliphatic rings. The number of halogens is 1. The van der Waals surface area contributed by atoms with E-state index in [4.69, 9.17) is 36.3 Å². The highest BCUT2D eigenvalue weighted by Gasteiger charge is 2.24. The number of nitrogen functional groups attached to an aromatic ring is 1. The Morgan fingerprint density at radius 1 is 0.625 bits per heavy atom.